The Labute approximate surface area is 144 Å². The number of carbonyl (C=O) groups is 2. The van der Waals surface area contributed by atoms with E-state index in [9.17, 15) is 14.7 Å². The number of nitrogens with zero attached hydrogens (tertiary/aromatic N) is 3. The van der Waals surface area contributed by atoms with E-state index in [0.29, 0.717) is 5.56 Å². The minimum atomic E-state index is -1.10. The summed E-state index contributed by atoms with van der Waals surface area (Å²) >= 11 is 0. The topological polar surface area (TPSA) is 89.2 Å². The molecule has 0 radical (unpaired) electrons. The number of hydrogen-bond donors (Lipinski definition) is 2. The van der Waals surface area contributed by atoms with Gasteiger partial charge in [-0.05, 0) is 43.5 Å². The quantitative estimate of drug-likeness (QED) is 0.720. The second-order valence-corrected chi connectivity index (χ2v) is 6.18. The fraction of sp³-hybridized carbons (Fsp3) is 0.278. The molecule has 2 N–H and O–H groups in total. The fourth-order valence-corrected chi connectivity index (χ4v) is 2.76. The van der Waals surface area contributed by atoms with E-state index >= 15 is 0 Å². The largest absolute Gasteiger partial charge is 0.480 e. The number of aromatic nitrogens is 3. The summed E-state index contributed by atoms with van der Waals surface area (Å²) in [6.07, 6.45) is 5.20. The van der Waals surface area contributed by atoms with Crippen molar-refractivity contribution >= 4 is 22.8 Å². The molecule has 1 amide bonds. The Balaban J connectivity index is 1.82. The van der Waals surface area contributed by atoms with Gasteiger partial charge in [-0.1, -0.05) is 6.07 Å². The van der Waals surface area contributed by atoms with Crippen LogP contribution in [-0.2, 0) is 11.3 Å². The Hall–Kier alpha value is -3.09. The number of carbonyl (C=O) groups excluding carboxylic acids is 1. The van der Waals surface area contributed by atoms with E-state index in [-0.39, 0.29) is 12.6 Å². The number of carboxylic acids is 1. The van der Waals surface area contributed by atoms with Crippen molar-refractivity contribution < 1.29 is 14.7 Å². The van der Waals surface area contributed by atoms with Gasteiger partial charge in [0.2, 0.25) is 0 Å². The number of carboxylic acid groups (broad SMARTS) is 1. The maximum absolute atomic E-state index is 12.5. The molecule has 0 bridgehead atoms. The molecule has 3 rings (SSSR count). The van der Waals surface area contributed by atoms with Gasteiger partial charge in [0.05, 0.1) is 6.54 Å². The number of amides is 1. The molecule has 0 aliphatic heterocycles. The molecule has 1 atom stereocenters. The Morgan fingerprint density at radius 1 is 1.24 bits per heavy atom. The maximum Gasteiger partial charge on any atom is 0.328 e. The van der Waals surface area contributed by atoms with Gasteiger partial charge in [0.1, 0.15) is 6.04 Å². The van der Waals surface area contributed by atoms with Gasteiger partial charge >= 0.3 is 5.97 Å². The van der Waals surface area contributed by atoms with E-state index in [0.717, 1.165) is 10.9 Å². The number of rotatable bonds is 6. The highest BCUT2D eigenvalue weighted by atomic mass is 16.4. The molecule has 7 nitrogen and oxygen atoms in total. The van der Waals surface area contributed by atoms with Crippen molar-refractivity contribution in [2.45, 2.75) is 32.5 Å². The van der Waals surface area contributed by atoms with Crippen LogP contribution in [0.15, 0.2) is 48.9 Å². The first kappa shape index (κ1) is 16.8. The van der Waals surface area contributed by atoms with Crippen molar-refractivity contribution in [2.24, 2.45) is 0 Å². The van der Waals surface area contributed by atoms with E-state index in [1.807, 2.05) is 18.3 Å². The third kappa shape index (κ3) is 3.55. The van der Waals surface area contributed by atoms with E-state index in [2.05, 4.69) is 28.8 Å². The summed E-state index contributed by atoms with van der Waals surface area (Å²) in [4.78, 5) is 24.0. The number of nitrogens with one attached hydrogen (secondary N) is 1. The molecule has 0 aliphatic rings. The Morgan fingerprint density at radius 2 is 2.04 bits per heavy atom. The molecule has 0 fully saturated rings. The van der Waals surface area contributed by atoms with Crippen LogP contribution < -0.4 is 5.32 Å². The second-order valence-electron chi connectivity index (χ2n) is 6.18. The van der Waals surface area contributed by atoms with E-state index in [1.165, 1.54) is 4.68 Å². The van der Waals surface area contributed by atoms with Crippen LogP contribution in [0.3, 0.4) is 0 Å². The van der Waals surface area contributed by atoms with Crippen molar-refractivity contribution in [2.75, 3.05) is 0 Å². The Morgan fingerprint density at radius 3 is 2.68 bits per heavy atom. The van der Waals surface area contributed by atoms with E-state index < -0.39 is 17.9 Å². The van der Waals surface area contributed by atoms with Crippen LogP contribution in [0, 0.1) is 0 Å². The third-order valence-corrected chi connectivity index (χ3v) is 4.07. The number of aliphatic carboxylic acids is 1. The van der Waals surface area contributed by atoms with Crippen LogP contribution in [0.25, 0.3) is 10.9 Å². The van der Waals surface area contributed by atoms with Crippen LogP contribution in [0.4, 0.5) is 0 Å². The van der Waals surface area contributed by atoms with Crippen molar-refractivity contribution in [3.8, 4) is 0 Å². The third-order valence-electron chi connectivity index (χ3n) is 4.07. The summed E-state index contributed by atoms with van der Waals surface area (Å²) < 4.78 is 3.55. The van der Waals surface area contributed by atoms with Crippen LogP contribution >= 0.6 is 0 Å². The average Bonchev–Trinajstić information content (AvgIpc) is 3.22. The molecule has 130 valence electrons. The lowest BCUT2D eigenvalue weighted by molar-refractivity contribution is -0.139. The lowest BCUT2D eigenvalue weighted by Gasteiger charge is -2.15. The van der Waals surface area contributed by atoms with Gasteiger partial charge in [-0.3, -0.25) is 9.48 Å². The summed E-state index contributed by atoms with van der Waals surface area (Å²) in [6, 6.07) is 8.27. The second kappa shape index (κ2) is 6.80. The predicted octanol–water partition coefficient (Wildman–Crippen LogP) is 2.30. The van der Waals surface area contributed by atoms with E-state index in [4.69, 9.17) is 0 Å². The summed E-state index contributed by atoms with van der Waals surface area (Å²) in [6.45, 7) is 4.20. The van der Waals surface area contributed by atoms with Gasteiger partial charge in [-0.2, -0.15) is 5.10 Å². The van der Waals surface area contributed by atoms with Crippen molar-refractivity contribution in [1.29, 1.82) is 0 Å². The minimum Gasteiger partial charge on any atom is -0.480 e. The van der Waals surface area contributed by atoms with Gasteiger partial charge in [0.15, 0.2) is 0 Å². The highest BCUT2D eigenvalue weighted by molar-refractivity contribution is 5.99. The van der Waals surface area contributed by atoms with Crippen LogP contribution in [-0.4, -0.2) is 37.4 Å². The number of fused-ring (bicyclic) bond motifs is 1. The molecule has 2 aromatic heterocycles. The summed E-state index contributed by atoms with van der Waals surface area (Å²) in [5, 5.41) is 17.0. The normalized spacial score (nSPS) is 12.4. The lowest BCUT2D eigenvalue weighted by atomic mass is 10.1. The molecule has 25 heavy (non-hydrogen) atoms. The molecule has 0 saturated heterocycles. The molecular formula is C18H20N4O3. The van der Waals surface area contributed by atoms with Crippen molar-refractivity contribution in [3.63, 3.8) is 0 Å². The highest BCUT2D eigenvalue weighted by Crippen LogP contribution is 2.21. The molecule has 0 spiro atoms. The van der Waals surface area contributed by atoms with Crippen molar-refractivity contribution in [3.05, 3.63) is 54.5 Å². The van der Waals surface area contributed by atoms with Crippen LogP contribution in [0.2, 0.25) is 0 Å². The summed E-state index contributed by atoms with van der Waals surface area (Å²) in [5.74, 6) is -1.52. The zero-order valence-corrected chi connectivity index (χ0v) is 14.1. The minimum absolute atomic E-state index is 0.0681. The average molecular weight is 340 g/mol. The molecular weight excluding hydrogens is 320 g/mol. The molecule has 2 heterocycles. The molecule has 0 aliphatic carbocycles. The lowest BCUT2D eigenvalue weighted by Crippen LogP contribution is -2.43. The molecule has 1 aromatic carbocycles. The van der Waals surface area contributed by atoms with E-state index in [1.54, 1.807) is 30.6 Å². The first-order valence-electron chi connectivity index (χ1n) is 8.07. The van der Waals surface area contributed by atoms with Gasteiger partial charge in [-0.15, -0.1) is 0 Å². The molecule has 0 saturated carbocycles. The predicted molar refractivity (Wildman–Crippen MR) is 93.4 cm³/mol. The SMILES string of the molecule is CC(C)n1ccc2ccc(C(=O)NC(Cn3cccn3)C(=O)O)cc21. The monoisotopic (exact) mass is 340 g/mol. The van der Waals surface area contributed by atoms with Gasteiger partial charge in [-0.25, -0.2) is 4.79 Å². The first-order valence-corrected chi connectivity index (χ1v) is 8.07. The number of benzene rings is 1. The molecule has 1 unspecified atom stereocenters. The van der Waals surface area contributed by atoms with Crippen molar-refractivity contribution in [1.82, 2.24) is 19.7 Å². The highest BCUT2D eigenvalue weighted by Gasteiger charge is 2.22. The number of hydrogen-bond acceptors (Lipinski definition) is 3. The van der Waals surface area contributed by atoms with Gasteiger partial charge in [0, 0.05) is 35.7 Å². The summed E-state index contributed by atoms with van der Waals surface area (Å²) in [7, 11) is 0. The Bertz CT molecular complexity index is 896. The smallest absolute Gasteiger partial charge is 0.328 e. The zero-order valence-electron chi connectivity index (χ0n) is 14.1. The molecule has 3 aromatic rings. The van der Waals surface area contributed by atoms with Crippen LogP contribution in [0.5, 0.6) is 0 Å². The summed E-state index contributed by atoms with van der Waals surface area (Å²) in [5.41, 5.74) is 1.38. The first-order chi connectivity index (χ1) is 12.0. The molecule has 7 heteroatoms. The standard InChI is InChI=1S/C18H20N4O3/c1-12(2)22-9-6-13-4-5-14(10-16(13)22)17(23)20-15(18(24)25)11-21-8-3-7-19-21/h3-10,12,15H,11H2,1-2H3,(H,20,23)(H,24,25). The fourth-order valence-electron chi connectivity index (χ4n) is 2.76. The zero-order chi connectivity index (χ0) is 18.0. The maximum atomic E-state index is 12.5. The van der Waals surface area contributed by atoms with Gasteiger partial charge < -0.3 is 15.0 Å². The van der Waals surface area contributed by atoms with Gasteiger partial charge in [0.25, 0.3) is 5.91 Å². The Kier molecular flexibility index (Phi) is 4.56. The van der Waals surface area contributed by atoms with Crippen LogP contribution in [0.1, 0.15) is 30.2 Å².